The summed E-state index contributed by atoms with van der Waals surface area (Å²) in [7, 11) is 0. The fourth-order valence-electron chi connectivity index (χ4n) is 11.3. The van der Waals surface area contributed by atoms with E-state index in [9.17, 15) is 0 Å². The second-order valence-electron chi connectivity index (χ2n) is 17.9. The van der Waals surface area contributed by atoms with Gasteiger partial charge in [0.1, 0.15) is 0 Å². The molecular weight excluding hydrogens is 793 g/mol. The molecule has 0 atom stereocenters. The third kappa shape index (κ3) is 5.50. The largest absolute Gasteiger partial charge is 0.398 e. The number of H-pyrrole nitrogens is 2. The molecule has 0 unspecified atom stereocenters. The molecule has 0 saturated carbocycles. The number of nitrogen functional groups attached to an aromatic ring is 1. The number of anilines is 1. The predicted molar refractivity (Wildman–Crippen MR) is 270 cm³/mol. The van der Waals surface area contributed by atoms with Crippen molar-refractivity contribution in [2.45, 2.75) is 25.7 Å². The number of rotatable bonds is 5. The van der Waals surface area contributed by atoms with Crippen LogP contribution in [0, 0.1) is 0 Å². The van der Waals surface area contributed by atoms with Crippen LogP contribution in [-0.4, -0.2) is 24.1 Å². The number of aromatic nitrogens is 5. The summed E-state index contributed by atoms with van der Waals surface area (Å²) in [6.07, 6.45) is 14.4. The number of fused-ring (bicyclic) bond motifs is 12. The Bertz CT molecular complexity index is 3950. The molecule has 12 aromatic rings. The number of nitrogens with one attached hydrogen (secondary N) is 2. The molecule has 65 heavy (non-hydrogen) atoms. The van der Waals surface area contributed by atoms with Crippen LogP contribution in [0.3, 0.4) is 0 Å². The highest BCUT2D eigenvalue weighted by Gasteiger charge is 2.27. The second-order valence-corrected chi connectivity index (χ2v) is 17.9. The van der Waals surface area contributed by atoms with Gasteiger partial charge in [-0.05, 0) is 167 Å². The van der Waals surface area contributed by atoms with Gasteiger partial charge < -0.3 is 24.8 Å². The van der Waals surface area contributed by atoms with Gasteiger partial charge in [0.05, 0.1) is 22.2 Å². The van der Waals surface area contributed by atoms with Crippen LogP contribution >= 0.6 is 0 Å². The van der Waals surface area contributed by atoms with Crippen LogP contribution in [0.25, 0.3) is 111 Å². The molecule has 0 amide bonds. The Labute approximate surface area is 374 Å². The molecule has 4 N–H and O–H groups in total. The van der Waals surface area contributed by atoms with Crippen molar-refractivity contribution in [1.29, 1.82) is 0 Å². The lowest BCUT2D eigenvalue weighted by Crippen LogP contribution is -2.05. The van der Waals surface area contributed by atoms with Gasteiger partial charge in [0.25, 0.3) is 0 Å². The van der Waals surface area contributed by atoms with Crippen molar-refractivity contribution < 1.29 is 0 Å². The maximum absolute atomic E-state index is 6.44. The first-order chi connectivity index (χ1) is 32.1. The summed E-state index contributed by atoms with van der Waals surface area (Å²) in [4.78, 5) is 11.4. The zero-order valence-corrected chi connectivity index (χ0v) is 35.6. The van der Waals surface area contributed by atoms with Gasteiger partial charge >= 0.3 is 0 Å². The van der Waals surface area contributed by atoms with Crippen LogP contribution in [-0.2, 0) is 19.3 Å². The number of benzene rings is 7. The Morgan fingerprint density at radius 2 is 1.20 bits per heavy atom. The minimum absolute atomic E-state index is 0.784. The Balaban J connectivity index is 0.941. The van der Waals surface area contributed by atoms with Crippen LogP contribution in [0.1, 0.15) is 34.4 Å². The van der Waals surface area contributed by atoms with Gasteiger partial charge in [-0.2, -0.15) is 0 Å². The standard InChI is InChI=1S/C59H42N6/c60-53-10-3-1-8-44(53)39-7-5-6-35(26-39)37-15-18-56-49(28-37)51-30-40-12-13-41-31-52-50-29-38(36-14-17-55-48(27-36)45-9-2-4-11-54(45)63-55)16-19-57(50)65(43-22-25-62-34-43)59(52)33-47(41)46(40)32-58(51)64(56)42-20-23-61-24-21-42/h1-11,14-15,17-18,20-34,62-63H,12-13,16,19,60H2. The predicted octanol–water partition coefficient (Wildman–Crippen LogP) is 14.3. The molecule has 0 fully saturated rings. The lowest BCUT2D eigenvalue weighted by molar-refractivity contribution is 0.898. The van der Waals surface area contributed by atoms with Gasteiger partial charge in [-0.15, -0.1) is 0 Å². The quantitative estimate of drug-likeness (QED) is 0.151. The minimum atomic E-state index is 0.784. The van der Waals surface area contributed by atoms with Gasteiger partial charge in [-0.1, -0.05) is 66.7 Å². The number of para-hydroxylation sites is 2. The molecule has 0 aliphatic heterocycles. The van der Waals surface area contributed by atoms with Gasteiger partial charge in [-0.25, -0.2) is 0 Å². The first kappa shape index (κ1) is 36.2. The molecular formula is C59H42N6. The Morgan fingerprint density at radius 1 is 0.477 bits per heavy atom. The van der Waals surface area contributed by atoms with Crippen LogP contribution in [0.15, 0.2) is 176 Å². The molecule has 0 spiro atoms. The molecule has 0 radical (unpaired) electrons. The zero-order chi connectivity index (χ0) is 42.8. The highest BCUT2D eigenvalue weighted by Crippen LogP contribution is 2.46. The first-order valence-electron chi connectivity index (χ1n) is 22.6. The van der Waals surface area contributed by atoms with Crippen molar-refractivity contribution in [3.8, 4) is 44.8 Å². The molecule has 308 valence electrons. The van der Waals surface area contributed by atoms with E-state index in [1.54, 1.807) is 0 Å². The van der Waals surface area contributed by atoms with Crippen LogP contribution in [0.2, 0.25) is 0 Å². The van der Waals surface area contributed by atoms with Crippen molar-refractivity contribution in [1.82, 2.24) is 24.1 Å². The van der Waals surface area contributed by atoms with Crippen molar-refractivity contribution in [2.75, 3.05) is 5.73 Å². The summed E-state index contributed by atoms with van der Waals surface area (Å²) < 4.78 is 4.94. The van der Waals surface area contributed by atoms with E-state index in [0.29, 0.717) is 0 Å². The fraction of sp³-hybridized carbons (Fsp3) is 0.0678. The molecule has 7 aromatic carbocycles. The highest BCUT2D eigenvalue weighted by molar-refractivity contribution is 6.13. The second kappa shape index (κ2) is 13.8. The van der Waals surface area contributed by atoms with E-state index in [2.05, 4.69) is 170 Å². The highest BCUT2D eigenvalue weighted by atomic mass is 15.0. The number of hydrogen-bond donors (Lipinski definition) is 3. The van der Waals surface area contributed by atoms with Gasteiger partial charge in [0.2, 0.25) is 0 Å². The SMILES string of the molecule is Nc1ccccc1-c1cccc(-c2ccc3c(c2)c2cc4c(cc2n3-c2ccncc2)-c2cc3c(cc2CC4)c2c(n3-c3cc[nH]c3)CCC(c3ccc4[nH]c5ccccc5c4c3)=C2)c1. The Hall–Kier alpha value is -8.35. The summed E-state index contributed by atoms with van der Waals surface area (Å²) in [5, 5.41) is 6.39. The third-order valence-corrected chi connectivity index (χ3v) is 14.3. The van der Waals surface area contributed by atoms with E-state index < -0.39 is 0 Å². The summed E-state index contributed by atoms with van der Waals surface area (Å²) in [6, 6.07) is 55.7. The minimum Gasteiger partial charge on any atom is -0.398 e. The van der Waals surface area contributed by atoms with E-state index in [-0.39, 0.29) is 0 Å². The topological polar surface area (TPSA) is 80.3 Å². The summed E-state index contributed by atoms with van der Waals surface area (Å²) in [5.74, 6) is 0. The lowest BCUT2D eigenvalue weighted by Gasteiger charge is -2.21. The Kier molecular flexibility index (Phi) is 7.69. The molecule has 0 bridgehead atoms. The van der Waals surface area contributed by atoms with E-state index in [1.165, 1.54) is 116 Å². The first-order valence-corrected chi connectivity index (χ1v) is 22.6. The van der Waals surface area contributed by atoms with E-state index in [0.717, 1.165) is 48.2 Å². The van der Waals surface area contributed by atoms with Crippen molar-refractivity contribution >= 4 is 71.9 Å². The maximum atomic E-state index is 6.44. The lowest BCUT2D eigenvalue weighted by atomic mass is 9.83. The van der Waals surface area contributed by atoms with Gasteiger partial charge in [0.15, 0.2) is 0 Å². The molecule has 2 aliphatic carbocycles. The molecule has 6 heteroatoms. The number of nitrogens with two attached hydrogens (primary N) is 1. The van der Waals surface area contributed by atoms with Crippen LogP contribution in [0.5, 0.6) is 0 Å². The number of aromatic amines is 2. The number of aryl methyl sites for hydroxylation is 2. The molecule has 0 saturated heterocycles. The number of pyridine rings is 1. The summed E-state index contributed by atoms with van der Waals surface area (Å²) >= 11 is 0. The molecule has 5 aromatic heterocycles. The maximum Gasteiger partial charge on any atom is 0.0633 e. The van der Waals surface area contributed by atoms with Crippen molar-refractivity contribution in [3.63, 3.8) is 0 Å². The number of allylic oxidation sites excluding steroid dienone is 1. The fourth-order valence-corrected chi connectivity index (χ4v) is 11.3. The van der Waals surface area contributed by atoms with Crippen LogP contribution < -0.4 is 5.73 Å². The smallest absolute Gasteiger partial charge is 0.0633 e. The number of hydrogen-bond acceptors (Lipinski definition) is 2. The van der Waals surface area contributed by atoms with E-state index >= 15 is 0 Å². The molecule has 14 rings (SSSR count). The summed E-state index contributed by atoms with van der Waals surface area (Å²) in [5.41, 5.74) is 30.8. The van der Waals surface area contributed by atoms with E-state index in [1.807, 2.05) is 36.8 Å². The van der Waals surface area contributed by atoms with Gasteiger partial charge in [-0.3, -0.25) is 4.98 Å². The Morgan fingerprint density at radius 3 is 2.05 bits per heavy atom. The number of nitrogens with zero attached hydrogens (tertiary/aromatic N) is 3. The summed E-state index contributed by atoms with van der Waals surface area (Å²) in [6.45, 7) is 0. The average molecular weight is 835 g/mol. The van der Waals surface area contributed by atoms with Crippen molar-refractivity contribution in [3.05, 3.63) is 204 Å². The molecule has 5 heterocycles. The molecule has 6 nitrogen and oxygen atoms in total. The van der Waals surface area contributed by atoms with Crippen molar-refractivity contribution in [2.24, 2.45) is 0 Å². The van der Waals surface area contributed by atoms with Gasteiger partial charge in [0, 0.05) is 90.9 Å². The normalized spacial score (nSPS) is 13.4. The third-order valence-electron chi connectivity index (χ3n) is 14.3. The zero-order valence-electron chi connectivity index (χ0n) is 35.6. The monoisotopic (exact) mass is 834 g/mol. The van der Waals surface area contributed by atoms with E-state index in [4.69, 9.17) is 5.73 Å². The van der Waals surface area contributed by atoms with Crippen LogP contribution in [0.4, 0.5) is 5.69 Å². The average Bonchev–Trinajstić information content (AvgIpc) is 4.15. The molecule has 2 aliphatic rings.